The number of sulfonamides is 1. The molecule has 0 aliphatic carbocycles. The second kappa shape index (κ2) is 7.39. The first-order valence-corrected chi connectivity index (χ1v) is 11.9. The van der Waals surface area contributed by atoms with Gasteiger partial charge >= 0.3 is 0 Å². The number of rotatable bonds is 4. The zero-order valence-electron chi connectivity index (χ0n) is 11.8. The van der Waals surface area contributed by atoms with Gasteiger partial charge in [-0.3, -0.25) is 4.72 Å². The van der Waals surface area contributed by atoms with Gasteiger partial charge in [0.25, 0.3) is 10.0 Å². The van der Waals surface area contributed by atoms with Gasteiger partial charge in [-0.1, -0.05) is 28.1 Å². The van der Waals surface area contributed by atoms with E-state index in [9.17, 15) is 8.42 Å². The molecule has 0 radical (unpaired) electrons. The van der Waals surface area contributed by atoms with E-state index in [0.717, 1.165) is 17.1 Å². The van der Waals surface area contributed by atoms with Crippen LogP contribution in [0, 0.1) is 0 Å². The first kappa shape index (κ1) is 17.7. The van der Waals surface area contributed by atoms with Gasteiger partial charge in [-0.2, -0.15) is 0 Å². The lowest BCUT2D eigenvalue weighted by molar-refractivity contribution is 0.600. The monoisotopic (exact) mass is 493 g/mol. The van der Waals surface area contributed by atoms with Crippen molar-refractivity contribution in [1.29, 1.82) is 0 Å². The van der Waals surface area contributed by atoms with Crippen molar-refractivity contribution in [3.05, 3.63) is 57.0 Å². The number of hydrogen-bond donors (Lipinski definition) is 1. The van der Waals surface area contributed by atoms with Crippen molar-refractivity contribution in [2.45, 2.75) is 9.48 Å². The number of thioether (sulfide) groups is 2. The molecule has 0 spiro atoms. The Morgan fingerprint density at radius 2 is 1.78 bits per heavy atom. The average Bonchev–Trinajstić information content (AvgIpc) is 3.04. The van der Waals surface area contributed by atoms with Gasteiger partial charge in [0.1, 0.15) is 4.90 Å². The second-order valence-corrected chi connectivity index (χ2v) is 11.0. The van der Waals surface area contributed by atoms with Crippen LogP contribution in [0.4, 0.5) is 5.69 Å². The zero-order valence-corrected chi connectivity index (χ0v) is 17.5. The fourth-order valence-electron chi connectivity index (χ4n) is 2.19. The maximum atomic E-state index is 12.6. The van der Waals surface area contributed by atoms with Gasteiger partial charge in [0.15, 0.2) is 0 Å². The summed E-state index contributed by atoms with van der Waals surface area (Å²) in [5, 5.41) is 0. The summed E-state index contributed by atoms with van der Waals surface area (Å²) in [6, 6.07) is 12.7. The van der Waals surface area contributed by atoms with Crippen molar-refractivity contribution < 1.29 is 8.42 Å². The largest absolute Gasteiger partial charge is 0.280 e. The number of halogens is 2. The van der Waals surface area contributed by atoms with Gasteiger partial charge in [-0.05, 0) is 51.8 Å². The van der Waals surface area contributed by atoms with Crippen LogP contribution in [-0.4, -0.2) is 19.9 Å². The highest BCUT2D eigenvalue weighted by atomic mass is 79.9. The van der Waals surface area contributed by atoms with E-state index in [1.807, 2.05) is 41.7 Å². The summed E-state index contributed by atoms with van der Waals surface area (Å²) < 4.78 is 29.6. The Hall–Kier alpha value is -0.150. The molecule has 2 aromatic carbocycles. The summed E-state index contributed by atoms with van der Waals surface area (Å²) >= 11 is 10.4. The Morgan fingerprint density at radius 1 is 1.04 bits per heavy atom. The van der Waals surface area contributed by atoms with Crippen LogP contribution in [0.25, 0.3) is 0 Å². The molecule has 3 rings (SSSR count). The molecule has 0 atom stereocenters. The summed E-state index contributed by atoms with van der Waals surface area (Å²) in [7, 11) is -3.65. The van der Waals surface area contributed by atoms with Gasteiger partial charge < -0.3 is 0 Å². The maximum Gasteiger partial charge on any atom is 0.263 e. The normalized spacial score (nSPS) is 15.7. The van der Waals surface area contributed by atoms with Gasteiger partial charge in [0.05, 0.1) is 4.58 Å². The quantitative estimate of drug-likeness (QED) is 0.610. The lowest BCUT2D eigenvalue weighted by atomic mass is 10.2. The highest BCUT2D eigenvalue weighted by Gasteiger charge is 2.21. The van der Waals surface area contributed by atoms with Crippen LogP contribution in [0.15, 0.2) is 56.3 Å². The molecule has 1 fully saturated rings. The van der Waals surface area contributed by atoms with E-state index in [1.165, 1.54) is 0 Å². The molecule has 2 aromatic rings. The van der Waals surface area contributed by atoms with Crippen LogP contribution in [0.2, 0.25) is 0 Å². The van der Waals surface area contributed by atoms with Crippen LogP contribution in [-0.2, 0) is 10.0 Å². The molecule has 1 saturated heterocycles. The molecular formula is C15H13Br2NO2S3. The third-order valence-electron chi connectivity index (χ3n) is 3.22. The topological polar surface area (TPSA) is 46.2 Å². The molecule has 23 heavy (non-hydrogen) atoms. The Kier molecular flexibility index (Phi) is 5.68. The van der Waals surface area contributed by atoms with Crippen LogP contribution in [0.5, 0.6) is 0 Å². The molecular weight excluding hydrogens is 482 g/mol. The summed E-state index contributed by atoms with van der Waals surface area (Å²) in [6.45, 7) is 0. The number of benzene rings is 2. The zero-order chi connectivity index (χ0) is 16.4. The summed E-state index contributed by atoms with van der Waals surface area (Å²) in [4.78, 5) is 0.210. The van der Waals surface area contributed by atoms with Gasteiger partial charge in [0.2, 0.25) is 0 Å². The molecule has 0 bridgehead atoms. The Labute approximate surface area is 161 Å². The fraction of sp³-hybridized carbons (Fsp3) is 0.200. The predicted octanol–water partition coefficient (Wildman–Crippen LogP) is 5.49. The van der Waals surface area contributed by atoms with Crippen molar-refractivity contribution in [1.82, 2.24) is 0 Å². The van der Waals surface area contributed by atoms with E-state index in [2.05, 4.69) is 36.6 Å². The van der Waals surface area contributed by atoms with E-state index in [-0.39, 0.29) is 4.90 Å². The van der Waals surface area contributed by atoms with E-state index >= 15 is 0 Å². The molecule has 0 aromatic heterocycles. The van der Waals surface area contributed by atoms with Crippen LogP contribution < -0.4 is 4.72 Å². The fourth-order valence-corrected chi connectivity index (χ4v) is 7.58. The molecule has 3 nitrogen and oxygen atoms in total. The highest BCUT2D eigenvalue weighted by Crippen LogP contribution is 2.45. The molecule has 8 heteroatoms. The van der Waals surface area contributed by atoms with Gasteiger partial charge in [-0.25, -0.2) is 8.42 Å². The van der Waals surface area contributed by atoms with Crippen molar-refractivity contribution in [3.8, 4) is 0 Å². The lowest BCUT2D eigenvalue weighted by Gasteiger charge is -2.13. The number of hydrogen-bond acceptors (Lipinski definition) is 4. The highest BCUT2D eigenvalue weighted by molar-refractivity contribution is 9.11. The molecule has 0 unspecified atom stereocenters. The van der Waals surface area contributed by atoms with E-state index in [4.69, 9.17) is 0 Å². The number of anilines is 1. The number of nitrogens with one attached hydrogen (secondary N) is 1. The van der Waals surface area contributed by atoms with Crippen molar-refractivity contribution in [2.75, 3.05) is 16.2 Å². The first-order chi connectivity index (χ1) is 11.0. The standard InChI is InChI=1S/C15H13Br2NO2S3/c16-11-4-5-13(17)14(9-11)23(19,20)18-12-3-1-2-10(8-12)15-21-6-7-22-15/h1-5,8-9,15,18H,6-7H2. The molecule has 1 aliphatic heterocycles. The average molecular weight is 495 g/mol. The minimum Gasteiger partial charge on any atom is -0.280 e. The molecule has 0 amide bonds. The summed E-state index contributed by atoms with van der Waals surface area (Å²) in [6.07, 6.45) is 0. The first-order valence-electron chi connectivity index (χ1n) is 6.77. The van der Waals surface area contributed by atoms with Crippen molar-refractivity contribution >= 4 is 71.1 Å². The van der Waals surface area contributed by atoms with Gasteiger partial charge in [-0.15, -0.1) is 23.5 Å². The van der Waals surface area contributed by atoms with E-state index < -0.39 is 10.0 Å². The smallest absolute Gasteiger partial charge is 0.263 e. The summed E-state index contributed by atoms with van der Waals surface area (Å²) in [5.74, 6) is 2.27. The van der Waals surface area contributed by atoms with Crippen LogP contribution >= 0.6 is 55.4 Å². The Morgan fingerprint density at radius 3 is 2.52 bits per heavy atom. The predicted molar refractivity (Wildman–Crippen MR) is 107 cm³/mol. The van der Waals surface area contributed by atoms with E-state index in [0.29, 0.717) is 19.2 Å². The Balaban J connectivity index is 1.88. The van der Waals surface area contributed by atoms with Gasteiger partial charge in [0, 0.05) is 26.1 Å². The van der Waals surface area contributed by atoms with E-state index in [1.54, 1.807) is 24.3 Å². The summed E-state index contributed by atoms with van der Waals surface area (Å²) in [5.41, 5.74) is 1.73. The second-order valence-electron chi connectivity index (χ2n) is 4.88. The third kappa shape index (κ3) is 4.28. The minimum absolute atomic E-state index is 0.210. The van der Waals surface area contributed by atoms with Crippen molar-refractivity contribution in [2.24, 2.45) is 0 Å². The van der Waals surface area contributed by atoms with Crippen molar-refractivity contribution in [3.63, 3.8) is 0 Å². The Bertz CT molecular complexity index is 821. The SMILES string of the molecule is O=S(=O)(Nc1cccc(C2SCCS2)c1)c1cc(Br)ccc1Br. The third-order valence-corrected chi connectivity index (χ3v) is 9.19. The van der Waals surface area contributed by atoms with Crippen LogP contribution in [0.3, 0.4) is 0 Å². The molecule has 122 valence electrons. The molecule has 1 N–H and O–H groups in total. The maximum absolute atomic E-state index is 12.6. The minimum atomic E-state index is -3.65. The molecule has 1 aliphatic rings. The molecule has 1 heterocycles. The van der Waals surface area contributed by atoms with Crippen LogP contribution in [0.1, 0.15) is 10.1 Å². The molecule has 0 saturated carbocycles. The lowest BCUT2D eigenvalue weighted by Crippen LogP contribution is -2.13.